The average molecular weight is 435 g/mol. The second kappa shape index (κ2) is 11.1. The highest BCUT2D eigenvalue weighted by molar-refractivity contribution is 5.77. The van der Waals surface area contributed by atoms with Crippen LogP contribution < -0.4 is 0 Å². The van der Waals surface area contributed by atoms with Crippen LogP contribution in [0.4, 0.5) is 0 Å². The van der Waals surface area contributed by atoms with Gasteiger partial charge in [0.2, 0.25) is 5.91 Å². The van der Waals surface area contributed by atoms with Gasteiger partial charge >= 0.3 is 0 Å². The van der Waals surface area contributed by atoms with Gasteiger partial charge in [0, 0.05) is 32.1 Å². The molecule has 32 heavy (non-hydrogen) atoms. The summed E-state index contributed by atoms with van der Waals surface area (Å²) in [7, 11) is 0. The molecule has 2 atom stereocenters. The van der Waals surface area contributed by atoms with Crippen LogP contribution in [-0.2, 0) is 11.2 Å². The van der Waals surface area contributed by atoms with E-state index in [2.05, 4.69) is 53.1 Å². The highest BCUT2D eigenvalue weighted by Gasteiger charge is 2.36. The van der Waals surface area contributed by atoms with Gasteiger partial charge in [-0.2, -0.15) is 0 Å². The molecule has 1 saturated carbocycles. The van der Waals surface area contributed by atoms with Gasteiger partial charge in [-0.1, -0.05) is 73.9 Å². The van der Waals surface area contributed by atoms with Crippen LogP contribution in [-0.4, -0.2) is 47.1 Å². The minimum absolute atomic E-state index is 0.104. The maximum absolute atomic E-state index is 13.6. The van der Waals surface area contributed by atoms with E-state index >= 15 is 0 Å². The van der Waals surface area contributed by atoms with Crippen LogP contribution in [0.15, 0.2) is 54.6 Å². The van der Waals surface area contributed by atoms with Gasteiger partial charge in [-0.3, -0.25) is 9.69 Å². The number of fused-ring (bicyclic) bond motifs is 1. The van der Waals surface area contributed by atoms with Crippen molar-refractivity contribution in [2.24, 2.45) is 5.92 Å². The van der Waals surface area contributed by atoms with Crippen molar-refractivity contribution in [2.45, 2.75) is 64.0 Å². The normalized spacial score (nSPS) is 20.2. The number of hydrogen-bond donors (Lipinski definition) is 1. The summed E-state index contributed by atoms with van der Waals surface area (Å²) < 4.78 is 0. The Morgan fingerprint density at radius 1 is 1.03 bits per heavy atom. The van der Waals surface area contributed by atoms with E-state index in [1.165, 1.54) is 48.8 Å². The quantitative estimate of drug-likeness (QED) is 0.626. The first-order valence-electron chi connectivity index (χ1n) is 12.5. The van der Waals surface area contributed by atoms with Crippen LogP contribution in [0.5, 0.6) is 0 Å². The van der Waals surface area contributed by atoms with E-state index in [0.29, 0.717) is 25.4 Å². The van der Waals surface area contributed by atoms with Crippen LogP contribution in [0.2, 0.25) is 0 Å². The molecule has 1 N–H and O–H groups in total. The highest BCUT2D eigenvalue weighted by Crippen LogP contribution is 2.42. The number of carbonyl (C=O) groups excluding carboxylic acids is 1. The molecule has 2 aromatic rings. The van der Waals surface area contributed by atoms with Gasteiger partial charge in [0.15, 0.2) is 0 Å². The van der Waals surface area contributed by atoms with E-state index < -0.39 is 0 Å². The van der Waals surface area contributed by atoms with Crippen molar-refractivity contribution >= 4 is 5.91 Å². The highest BCUT2D eigenvalue weighted by atomic mass is 16.3. The molecular weight excluding hydrogens is 396 g/mol. The molecule has 0 bridgehead atoms. The van der Waals surface area contributed by atoms with Gasteiger partial charge in [0.1, 0.15) is 0 Å². The lowest BCUT2D eigenvalue weighted by Gasteiger charge is -2.43. The topological polar surface area (TPSA) is 43.8 Å². The number of nitrogens with zero attached hydrogens (tertiary/aromatic N) is 2. The number of aliphatic hydroxyl groups is 1. The summed E-state index contributed by atoms with van der Waals surface area (Å²) >= 11 is 0. The predicted molar refractivity (Wildman–Crippen MR) is 129 cm³/mol. The Morgan fingerprint density at radius 3 is 2.50 bits per heavy atom. The molecule has 0 saturated heterocycles. The summed E-state index contributed by atoms with van der Waals surface area (Å²) in [6, 6.07) is 19.5. The van der Waals surface area contributed by atoms with Crippen molar-refractivity contribution < 1.29 is 9.90 Å². The smallest absolute Gasteiger partial charge is 0.224 e. The molecule has 2 aromatic carbocycles. The molecule has 4 rings (SSSR count). The van der Waals surface area contributed by atoms with Crippen molar-refractivity contribution in [3.63, 3.8) is 0 Å². The predicted octanol–water partition coefficient (Wildman–Crippen LogP) is 5.14. The Hall–Kier alpha value is -2.17. The molecule has 4 nitrogen and oxygen atoms in total. The SMILES string of the molecule is C[C@@H](c1ccccc1)N(CCO)CCC(=O)N1CCc2ccccc2C1C1CCCCC1. The van der Waals surface area contributed by atoms with Crippen molar-refractivity contribution in [3.8, 4) is 0 Å². The van der Waals surface area contributed by atoms with E-state index in [0.717, 1.165) is 13.0 Å². The molecule has 1 unspecified atom stereocenters. The number of amides is 1. The maximum Gasteiger partial charge on any atom is 0.224 e. The third-order valence-corrected chi connectivity index (χ3v) is 7.58. The molecule has 2 aliphatic rings. The minimum Gasteiger partial charge on any atom is -0.395 e. The van der Waals surface area contributed by atoms with Crippen LogP contribution in [0.3, 0.4) is 0 Å². The molecule has 1 amide bonds. The zero-order valence-corrected chi connectivity index (χ0v) is 19.5. The van der Waals surface area contributed by atoms with E-state index in [-0.39, 0.29) is 24.6 Å². The summed E-state index contributed by atoms with van der Waals surface area (Å²) in [5.41, 5.74) is 4.02. The Kier molecular flexibility index (Phi) is 7.99. The molecule has 1 fully saturated rings. The number of aliphatic hydroxyl groups excluding tert-OH is 1. The second-order valence-electron chi connectivity index (χ2n) is 9.48. The van der Waals surface area contributed by atoms with Crippen LogP contribution in [0.25, 0.3) is 0 Å². The van der Waals surface area contributed by atoms with Gasteiger partial charge in [-0.15, -0.1) is 0 Å². The van der Waals surface area contributed by atoms with Gasteiger partial charge < -0.3 is 10.0 Å². The first-order valence-corrected chi connectivity index (χ1v) is 12.5. The first kappa shape index (κ1) is 23.0. The molecule has 172 valence electrons. The summed E-state index contributed by atoms with van der Waals surface area (Å²) in [5.74, 6) is 0.837. The van der Waals surface area contributed by atoms with Crippen molar-refractivity contribution in [3.05, 3.63) is 71.3 Å². The van der Waals surface area contributed by atoms with Crippen LogP contribution in [0, 0.1) is 5.92 Å². The number of hydrogen-bond acceptors (Lipinski definition) is 3. The summed E-state index contributed by atoms with van der Waals surface area (Å²) in [4.78, 5) is 18.0. The van der Waals surface area contributed by atoms with Crippen molar-refractivity contribution in [1.82, 2.24) is 9.80 Å². The molecule has 0 radical (unpaired) electrons. The molecule has 1 aliphatic carbocycles. The monoisotopic (exact) mass is 434 g/mol. The molecule has 1 heterocycles. The summed E-state index contributed by atoms with van der Waals surface area (Å²) in [6.45, 7) is 4.35. The third-order valence-electron chi connectivity index (χ3n) is 7.58. The van der Waals surface area contributed by atoms with Gasteiger partial charge in [0.05, 0.1) is 12.6 Å². The summed E-state index contributed by atoms with van der Waals surface area (Å²) in [5, 5.41) is 9.63. The van der Waals surface area contributed by atoms with E-state index in [1.807, 2.05) is 18.2 Å². The lowest BCUT2D eigenvalue weighted by molar-refractivity contribution is -0.136. The maximum atomic E-state index is 13.6. The van der Waals surface area contributed by atoms with E-state index in [9.17, 15) is 9.90 Å². The lowest BCUT2D eigenvalue weighted by atomic mass is 9.77. The lowest BCUT2D eigenvalue weighted by Crippen LogP contribution is -2.45. The fourth-order valence-corrected chi connectivity index (χ4v) is 5.79. The average Bonchev–Trinajstić information content (AvgIpc) is 2.86. The largest absolute Gasteiger partial charge is 0.395 e. The zero-order chi connectivity index (χ0) is 22.3. The van der Waals surface area contributed by atoms with E-state index in [1.54, 1.807) is 0 Å². The Bertz CT molecular complexity index is 863. The fourth-order valence-electron chi connectivity index (χ4n) is 5.79. The molecule has 0 aromatic heterocycles. The van der Waals surface area contributed by atoms with Crippen LogP contribution >= 0.6 is 0 Å². The summed E-state index contributed by atoms with van der Waals surface area (Å²) in [6.07, 6.45) is 7.80. The Balaban J connectivity index is 1.48. The van der Waals surface area contributed by atoms with Crippen LogP contribution in [0.1, 0.15) is 74.2 Å². The van der Waals surface area contributed by atoms with Gasteiger partial charge in [0.25, 0.3) is 0 Å². The Labute approximate surface area is 193 Å². The molecule has 0 spiro atoms. The third kappa shape index (κ3) is 5.24. The number of rotatable bonds is 8. The first-order chi connectivity index (χ1) is 15.7. The number of benzene rings is 2. The van der Waals surface area contributed by atoms with Crippen molar-refractivity contribution in [1.29, 1.82) is 0 Å². The fraction of sp³-hybridized carbons (Fsp3) is 0.536. The standard InChI is InChI=1S/C28H38N2O2/c1-22(23-10-4-2-5-11-23)29(20-21-31)18-17-27(32)30-19-16-24-12-8-9-15-26(24)28(30)25-13-6-3-7-14-25/h2,4-5,8-12,15,22,25,28,31H,3,6-7,13-14,16-21H2,1H3/t22-,28?/m0/s1. The van der Waals surface area contributed by atoms with Gasteiger partial charge in [-0.25, -0.2) is 0 Å². The molecular formula is C28H38N2O2. The Morgan fingerprint density at radius 2 is 1.75 bits per heavy atom. The minimum atomic E-state index is 0.104. The zero-order valence-electron chi connectivity index (χ0n) is 19.5. The van der Waals surface area contributed by atoms with E-state index in [4.69, 9.17) is 0 Å². The second-order valence-corrected chi connectivity index (χ2v) is 9.48. The molecule has 1 aliphatic heterocycles. The molecule has 4 heteroatoms. The van der Waals surface area contributed by atoms with Gasteiger partial charge in [-0.05, 0) is 48.8 Å². The van der Waals surface area contributed by atoms with Crippen molar-refractivity contribution in [2.75, 3.05) is 26.2 Å². The number of carbonyl (C=O) groups is 1.